The predicted octanol–water partition coefficient (Wildman–Crippen LogP) is 2.87. The molecular weight excluding hydrogens is 316 g/mol. The second kappa shape index (κ2) is 5.60. The molecule has 0 radical (unpaired) electrons. The first-order valence-electron chi connectivity index (χ1n) is 9.73. The van der Waals surface area contributed by atoms with Crippen LogP contribution in [0.4, 0.5) is 0 Å². The lowest BCUT2D eigenvalue weighted by molar-refractivity contribution is -0.139. The molecule has 0 unspecified atom stereocenters. The molecule has 0 aromatic carbocycles. The zero-order valence-corrected chi connectivity index (χ0v) is 15.2. The number of rotatable bonds is 2. The number of carbonyl (C=O) groups excluding carboxylic acids is 3. The smallest absolute Gasteiger partial charge is 0.221 e. The van der Waals surface area contributed by atoms with Gasteiger partial charge in [-0.05, 0) is 73.2 Å². The molecule has 0 bridgehead atoms. The van der Waals surface area contributed by atoms with Gasteiger partial charge in [-0.2, -0.15) is 0 Å². The fourth-order valence-corrected chi connectivity index (χ4v) is 7.11. The van der Waals surface area contributed by atoms with Gasteiger partial charge in [0.2, 0.25) is 11.6 Å². The van der Waals surface area contributed by atoms with Crippen molar-refractivity contribution in [1.29, 1.82) is 0 Å². The number of aliphatic hydroxyl groups excluding tert-OH is 1. The van der Waals surface area contributed by atoms with E-state index in [-0.39, 0.29) is 40.7 Å². The van der Waals surface area contributed by atoms with E-state index in [0.29, 0.717) is 24.2 Å². The van der Waals surface area contributed by atoms with Gasteiger partial charge in [0.15, 0.2) is 5.78 Å². The van der Waals surface area contributed by atoms with Crippen molar-refractivity contribution in [3.05, 3.63) is 11.6 Å². The first-order valence-corrected chi connectivity index (χ1v) is 9.73. The van der Waals surface area contributed by atoms with E-state index in [9.17, 15) is 19.5 Å². The molecule has 3 fully saturated rings. The van der Waals surface area contributed by atoms with Crippen molar-refractivity contribution < 1.29 is 19.5 Å². The van der Waals surface area contributed by atoms with Crippen LogP contribution in [0.25, 0.3) is 0 Å². The molecule has 4 aliphatic rings. The molecule has 6 atom stereocenters. The van der Waals surface area contributed by atoms with E-state index in [4.69, 9.17) is 0 Å². The van der Waals surface area contributed by atoms with Gasteiger partial charge in [0.05, 0.1) is 0 Å². The molecule has 0 saturated heterocycles. The maximum atomic E-state index is 12.3. The first kappa shape index (κ1) is 17.1. The largest absolute Gasteiger partial charge is 0.389 e. The Morgan fingerprint density at radius 1 is 1.16 bits per heavy atom. The molecule has 4 heteroatoms. The minimum Gasteiger partial charge on any atom is -0.389 e. The zero-order valence-electron chi connectivity index (χ0n) is 15.2. The standard InChI is InChI=1S/C21H28O4/c1-20-8-7-15-13(14(20)5-6-16(20)19(25)11-22)4-3-12-9-17(23)18(24)10-21(12,15)2/h9,13-16,22H,3-8,10-11H2,1-2H3/t13-,14-,15-,16+,20-,21-/m0/s1. The molecule has 4 nitrogen and oxygen atoms in total. The molecule has 0 aliphatic heterocycles. The number of carbonyl (C=O) groups is 3. The molecule has 0 heterocycles. The molecule has 4 rings (SSSR count). The van der Waals surface area contributed by atoms with Gasteiger partial charge < -0.3 is 5.11 Å². The predicted molar refractivity (Wildman–Crippen MR) is 92.7 cm³/mol. The Labute approximate surface area is 149 Å². The van der Waals surface area contributed by atoms with Gasteiger partial charge in [0, 0.05) is 12.3 Å². The Morgan fingerprint density at radius 3 is 2.64 bits per heavy atom. The summed E-state index contributed by atoms with van der Waals surface area (Å²) in [6, 6.07) is 0. The number of Topliss-reactive ketones (excluding diaryl/α,β-unsaturated/α-hetero) is 2. The average molecular weight is 344 g/mol. The highest BCUT2D eigenvalue weighted by Gasteiger charge is 2.60. The maximum absolute atomic E-state index is 12.3. The van der Waals surface area contributed by atoms with E-state index in [1.165, 1.54) is 5.57 Å². The Morgan fingerprint density at radius 2 is 1.92 bits per heavy atom. The number of allylic oxidation sites excluding steroid dienone is 1. The molecule has 25 heavy (non-hydrogen) atoms. The topological polar surface area (TPSA) is 71.4 Å². The maximum Gasteiger partial charge on any atom is 0.221 e. The molecule has 0 aromatic rings. The monoisotopic (exact) mass is 344 g/mol. The van der Waals surface area contributed by atoms with Crippen molar-refractivity contribution in [2.45, 2.75) is 58.8 Å². The lowest BCUT2D eigenvalue weighted by Crippen LogP contribution is -2.52. The van der Waals surface area contributed by atoms with Gasteiger partial charge in [-0.3, -0.25) is 14.4 Å². The number of aliphatic hydroxyl groups is 1. The van der Waals surface area contributed by atoms with Crippen LogP contribution in [0.3, 0.4) is 0 Å². The summed E-state index contributed by atoms with van der Waals surface area (Å²) in [4.78, 5) is 36.2. The summed E-state index contributed by atoms with van der Waals surface area (Å²) >= 11 is 0. The van der Waals surface area contributed by atoms with Gasteiger partial charge in [0.25, 0.3) is 0 Å². The van der Waals surface area contributed by atoms with Crippen molar-refractivity contribution >= 4 is 17.3 Å². The highest BCUT2D eigenvalue weighted by molar-refractivity contribution is 6.42. The minimum absolute atomic E-state index is 0.00416. The molecule has 3 saturated carbocycles. The van der Waals surface area contributed by atoms with Gasteiger partial charge >= 0.3 is 0 Å². The first-order chi connectivity index (χ1) is 11.8. The highest BCUT2D eigenvalue weighted by atomic mass is 16.3. The fourth-order valence-electron chi connectivity index (χ4n) is 7.11. The summed E-state index contributed by atoms with van der Waals surface area (Å²) in [7, 11) is 0. The van der Waals surface area contributed by atoms with Crippen molar-refractivity contribution in [3.63, 3.8) is 0 Å². The van der Waals surface area contributed by atoms with Gasteiger partial charge in [0.1, 0.15) is 6.61 Å². The van der Waals surface area contributed by atoms with E-state index in [2.05, 4.69) is 13.8 Å². The fraction of sp³-hybridized carbons (Fsp3) is 0.762. The molecule has 0 spiro atoms. The van der Waals surface area contributed by atoms with Crippen LogP contribution in [-0.4, -0.2) is 29.1 Å². The Bertz CT molecular complexity index is 677. The quantitative estimate of drug-likeness (QED) is 0.782. The third-order valence-electron chi connectivity index (χ3n) is 8.39. The van der Waals surface area contributed by atoms with Crippen LogP contribution in [0.2, 0.25) is 0 Å². The van der Waals surface area contributed by atoms with Crippen LogP contribution in [0.15, 0.2) is 11.6 Å². The number of hydrogen-bond acceptors (Lipinski definition) is 4. The van der Waals surface area contributed by atoms with Gasteiger partial charge in [-0.1, -0.05) is 19.4 Å². The summed E-state index contributed by atoms with van der Waals surface area (Å²) in [6.07, 6.45) is 7.90. The van der Waals surface area contributed by atoms with Crippen LogP contribution in [0.1, 0.15) is 58.8 Å². The van der Waals surface area contributed by atoms with Crippen LogP contribution in [-0.2, 0) is 14.4 Å². The second-order valence-electron chi connectivity index (χ2n) is 9.27. The Kier molecular flexibility index (Phi) is 3.84. The van der Waals surface area contributed by atoms with Crippen molar-refractivity contribution in [2.24, 2.45) is 34.5 Å². The number of fused-ring (bicyclic) bond motifs is 5. The summed E-state index contributed by atoms with van der Waals surface area (Å²) in [6.45, 7) is 4.10. The zero-order chi connectivity index (χ0) is 18.0. The third kappa shape index (κ3) is 2.26. The summed E-state index contributed by atoms with van der Waals surface area (Å²) in [5, 5.41) is 9.36. The van der Waals surface area contributed by atoms with Crippen molar-refractivity contribution in [2.75, 3.05) is 6.61 Å². The molecule has 4 aliphatic carbocycles. The molecule has 0 aromatic heterocycles. The molecule has 0 amide bonds. The summed E-state index contributed by atoms with van der Waals surface area (Å²) in [5.74, 6) is 0.898. The summed E-state index contributed by atoms with van der Waals surface area (Å²) in [5.41, 5.74) is 1.00. The second-order valence-corrected chi connectivity index (χ2v) is 9.27. The van der Waals surface area contributed by atoms with Crippen molar-refractivity contribution in [3.8, 4) is 0 Å². The molecule has 136 valence electrons. The summed E-state index contributed by atoms with van der Waals surface area (Å²) < 4.78 is 0. The van der Waals surface area contributed by atoms with E-state index in [1.54, 1.807) is 6.08 Å². The van der Waals surface area contributed by atoms with Crippen LogP contribution >= 0.6 is 0 Å². The third-order valence-corrected chi connectivity index (χ3v) is 8.39. The lowest BCUT2D eigenvalue weighted by Gasteiger charge is -2.57. The van der Waals surface area contributed by atoms with E-state index in [1.807, 2.05) is 0 Å². The van der Waals surface area contributed by atoms with E-state index >= 15 is 0 Å². The molecular formula is C21H28O4. The average Bonchev–Trinajstić information content (AvgIpc) is 2.93. The number of ketones is 3. The minimum atomic E-state index is -0.345. The van der Waals surface area contributed by atoms with E-state index < -0.39 is 0 Å². The lowest BCUT2D eigenvalue weighted by atomic mass is 9.46. The van der Waals surface area contributed by atoms with Gasteiger partial charge in [-0.15, -0.1) is 0 Å². The van der Waals surface area contributed by atoms with Crippen LogP contribution < -0.4 is 0 Å². The van der Waals surface area contributed by atoms with Gasteiger partial charge in [-0.25, -0.2) is 0 Å². The Hall–Kier alpha value is -1.29. The number of hydrogen-bond donors (Lipinski definition) is 1. The van der Waals surface area contributed by atoms with Crippen LogP contribution in [0, 0.1) is 34.5 Å². The normalized spacial score (nSPS) is 46.1. The Balaban J connectivity index is 1.67. The van der Waals surface area contributed by atoms with Crippen molar-refractivity contribution in [1.82, 2.24) is 0 Å². The SMILES string of the molecule is C[C@]12CC[C@H]3[C@@H](CCC4=CC(=O)C(=O)C[C@@]43C)[C@@H]1CC[C@@H]2C(=O)CO. The molecule has 1 N–H and O–H groups in total. The highest BCUT2D eigenvalue weighted by Crippen LogP contribution is 2.66. The van der Waals surface area contributed by atoms with E-state index in [0.717, 1.165) is 38.5 Å². The van der Waals surface area contributed by atoms with Crippen LogP contribution in [0.5, 0.6) is 0 Å².